The number of nitrogens with two attached hydrogens (primary N) is 1. The molecule has 1 unspecified atom stereocenters. The van der Waals surface area contributed by atoms with Gasteiger partial charge in [0.2, 0.25) is 0 Å². The number of hydrogen-bond acceptors (Lipinski definition) is 3. The van der Waals surface area contributed by atoms with Crippen LogP contribution in [-0.2, 0) is 6.42 Å². The molecule has 20 heavy (non-hydrogen) atoms. The molecule has 2 N–H and O–H groups in total. The van der Waals surface area contributed by atoms with Gasteiger partial charge in [-0.05, 0) is 42.7 Å². The fourth-order valence-corrected chi connectivity index (χ4v) is 2.24. The number of aryl methyl sites for hydroxylation is 1. The first-order valence-electron chi connectivity index (χ1n) is 6.56. The lowest BCUT2D eigenvalue weighted by molar-refractivity contribution is 0.465. The molecule has 0 saturated carbocycles. The van der Waals surface area contributed by atoms with Crippen molar-refractivity contribution in [2.45, 2.75) is 18.9 Å². The molecule has 3 nitrogen and oxygen atoms in total. The summed E-state index contributed by atoms with van der Waals surface area (Å²) < 4.78 is 19.1. The van der Waals surface area contributed by atoms with Crippen LogP contribution in [0.2, 0.25) is 0 Å². The lowest BCUT2D eigenvalue weighted by Crippen LogP contribution is -2.10. The molecule has 0 aliphatic heterocycles. The van der Waals surface area contributed by atoms with Gasteiger partial charge in [0.15, 0.2) is 11.4 Å². The summed E-state index contributed by atoms with van der Waals surface area (Å²) in [4.78, 5) is 3.98. The standard InChI is InChI=1S/C16H15FN2O/c17-13-3-1-2-12-10-15(20-16(12)13)14(18)5-4-11-6-8-19-9-7-11/h1-3,6-10,14H,4-5,18H2. The van der Waals surface area contributed by atoms with Gasteiger partial charge >= 0.3 is 0 Å². The van der Waals surface area contributed by atoms with E-state index >= 15 is 0 Å². The van der Waals surface area contributed by atoms with Crippen LogP contribution in [0.15, 0.2) is 53.2 Å². The minimum absolute atomic E-state index is 0.241. The first-order chi connectivity index (χ1) is 9.74. The smallest absolute Gasteiger partial charge is 0.169 e. The predicted octanol–water partition coefficient (Wildman–Crippen LogP) is 3.60. The molecule has 2 heterocycles. The number of furan rings is 1. The van der Waals surface area contributed by atoms with E-state index in [1.165, 1.54) is 11.6 Å². The van der Waals surface area contributed by atoms with Crippen molar-refractivity contribution in [2.75, 3.05) is 0 Å². The number of nitrogens with zero attached hydrogens (tertiary/aromatic N) is 1. The summed E-state index contributed by atoms with van der Waals surface area (Å²) in [6.45, 7) is 0. The second-order valence-corrected chi connectivity index (χ2v) is 4.81. The second kappa shape index (κ2) is 5.43. The maximum absolute atomic E-state index is 13.6. The summed E-state index contributed by atoms with van der Waals surface area (Å²) in [5.41, 5.74) is 7.58. The number of hydrogen-bond donors (Lipinski definition) is 1. The van der Waals surface area contributed by atoms with E-state index in [0.717, 1.165) is 18.2 Å². The number of pyridine rings is 1. The maximum atomic E-state index is 13.6. The Balaban J connectivity index is 1.75. The van der Waals surface area contributed by atoms with Crippen LogP contribution in [0.1, 0.15) is 23.8 Å². The molecule has 0 amide bonds. The van der Waals surface area contributed by atoms with Gasteiger partial charge in [0.1, 0.15) is 5.76 Å². The monoisotopic (exact) mass is 270 g/mol. The van der Waals surface area contributed by atoms with Crippen molar-refractivity contribution in [1.82, 2.24) is 4.98 Å². The van der Waals surface area contributed by atoms with E-state index in [4.69, 9.17) is 10.2 Å². The van der Waals surface area contributed by atoms with Crippen molar-refractivity contribution in [3.05, 3.63) is 65.9 Å². The Labute approximate surface area is 116 Å². The molecule has 1 aromatic carbocycles. The lowest BCUT2D eigenvalue weighted by Gasteiger charge is -2.08. The van der Waals surface area contributed by atoms with Crippen LogP contribution >= 0.6 is 0 Å². The fraction of sp³-hybridized carbons (Fsp3) is 0.188. The molecule has 0 radical (unpaired) electrons. The SMILES string of the molecule is NC(CCc1ccncc1)c1cc2cccc(F)c2o1. The van der Waals surface area contributed by atoms with Crippen LogP contribution in [0.25, 0.3) is 11.0 Å². The van der Waals surface area contributed by atoms with Gasteiger partial charge in [-0.2, -0.15) is 0 Å². The number of rotatable bonds is 4. The van der Waals surface area contributed by atoms with Crippen LogP contribution in [0.5, 0.6) is 0 Å². The van der Waals surface area contributed by atoms with Gasteiger partial charge in [-0.3, -0.25) is 4.98 Å². The normalized spacial score (nSPS) is 12.7. The van der Waals surface area contributed by atoms with Gasteiger partial charge in [-0.15, -0.1) is 0 Å². The zero-order valence-corrected chi connectivity index (χ0v) is 10.9. The predicted molar refractivity (Wildman–Crippen MR) is 75.7 cm³/mol. The number of benzene rings is 1. The van der Waals surface area contributed by atoms with Gasteiger partial charge in [-0.25, -0.2) is 4.39 Å². The third-order valence-corrected chi connectivity index (χ3v) is 3.37. The number of fused-ring (bicyclic) bond motifs is 1. The van der Waals surface area contributed by atoms with Gasteiger partial charge in [0.05, 0.1) is 6.04 Å². The van der Waals surface area contributed by atoms with Crippen molar-refractivity contribution in [3.63, 3.8) is 0 Å². The lowest BCUT2D eigenvalue weighted by atomic mass is 10.1. The minimum Gasteiger partial charge on any atom is -0.456 e. The van der Waals surface area contributed by atoms with Crippen LogP contribution in [0, 0.1) is 5.82 Å². The largest absolute Gasteiger partial charge is 0.456 e. The average molecular weight is 270 g/mol. The van der Waals surface area contributed by atoms with Crippen LogP contribution in [0.3, 0.4) is 0 Å². The van der Waals surface area contributed by atoms with E-state index in [0.29, 0.717) is 5.76 Å². The van der Waals surface area contributed by atoms with Gasteiger partial charge < -0.3 is 10.2 Å². The van der Waals surface area contributed by atoms with E-state index in [1.807, 2.05) is 24.3 Å². The molecule has 0 saturated heterocycles. The van der Waals surface area contributed by atoms with Crippen LogP contribution < -0.4 is 5.73 Å². The number of aromatic nitrogens is 1. The molecule has 102 valence electrons. The van der Waals surface area contributed by atoms with Crippen molar-refractivity contribution in [3.8, 4) is 0 Å². The summed E-state index contributed by atoms with van der Waals surface area (Å²) in [7, 11) is 0. The molecule has 3 rings (SSSR count). The zero-order valence-electron chi connectivity index (χ0n) is 10.9. The molecule has 4 heteroatoms. The Morgan fingerprint density at radius 2 is 2.00 bits per heavy atom. The van der Waals surface area contributed by atoms with Crippen LogP contribution in [0.4, 0.5) is 4.39 Å². The second-order valence-electron chi connectivity index (χ2n) is 4.81. The summed E-state index contributed by atoms with van der Waals surface area (Å²) in [6, 6.07) is 10.4. The molecule has 0 bridgehead atoms. The zero-order chi connectivity index (χ0) is 13.9. The quantitative estimate of drug-likeness (QED) is 0.788. The third-order valence-electron chi connectivity index (χ3n) is 3.37. The van der Waals surface area contributed by atoms with E-state index in [1.54, 1.807) is 18.5 Å². The highest BCUT2D eigenvalue weighted by Gasteiger charge is 2.14. The van der Waals surface area contributed by atoms with Crippen LogP contribution in [-0.4, -0.2) is 4.98 Å². The Hall–Kier alpha value is -2.20. The molecule has 0 fully saturated rings. The summed E-state index contributed by atoms with van der Waals surface area (Å²) in [6.07, 6.45) is 5.10. The molecule has 0 spiro atoms. The van der Waals surface area contributed by atoms with E-state index < -0.39 is 0 Å². The Morgan fingerprint density at radius 1 is 1.20 bits per heavy atom. The fourth-order valence-electron chi connectivity index (χ4n) is 2.24. The topological polar surface area (TPSA) is 52.0 Å². The van der Waals surface area contributed by atoms with Crippen molar-refractivity contribution in [1.29, 1.82) is 0 Å². The Bertz CT molecular complexity index is 709. The van der Waals surface area contributed by atoms with Gasteiger partial charge in [0, 0.05) is 17.8 Å². The maximum Gasteiger partial charge on any atom is 0.169 e. The summed E-state index contributed by atoms with van der Waals surface area (Å²) >= 11 is 0. The highest BCUT2D eigenvalue weighted by atomic mass is 19.1. The molecule has 1 atom stereocenters. The average Bonchev–Trinajstić information content (AvgIpc) is 2.91. The van der Waals surface area contributed by atoms with E-state index in [2.05, 4.69) is 4.98 Å². The number of halogens is 1. The van der Waals surface area contributed by atoms with E-state index in [9.17, 15) is 4.39 Å². The Kier molecular flexibility index (Phi) is 3.48. The minimum atomic E-state index is -0.352. The van der Waals surface area contributed by atoms with Gasteiger partial charge in [-0.1, -0.05) is 12.1 Å². The van der Waals surface area contributed by atoms with Crippen molar-refractivity contribution >= 4 is 11.0 Å². The first-order valence-corrected chi connectivity index (χ1v) is 6.56. The molecular weight excluding hydrogens is 255 g/mol. The molecule has 2 aromatic heterocycles. The first kappa shape index (κ1) is 12.8. The molecular formula is C16H15FN2O. The van der Waals surface area contributed by atoms with Crippen molar-refractivity contribution < 1.29 is 8.81 Å². The highest BCUT2D eigenvalue weighted by Crippen LogP contribution is 2.26. The Morgan fingerprint density at radius 3 is 2.75 bits per heavy atom. The summed E-state index contributed by atoms with van der Waals surface area (Å²) in [5, 5.41) is 0.749. The summed E-state index contributed by atoms with van der Waals surface area (Å²) in [5.74, 6) is 0.272. The van der Waals surface area contributed by atoms with Crippen molar-refractivity contribution in [2.24, 2.45) is 5.73 Å². The molecule has 0 aliphatic carbocycles. The third kappa shape index (κ3) is 2.56. The molecule has 3 aromatic rings. The highest BCUT2D eigenvalue weighted by molar-refractivity contribution is 5.78. The number of para-hydroxylation sites is 1. The molecule has 0 aliphatic rings. The van der Waals surface area contributed by atoms with E-state index in [-0.39, 0.29) is 17.4 Å². The van der Waals surface area contributed by atoms with Gasteiger partial charge in [0.25, 0.3) is 0 Å².